The zero-order valence-electron chi connectivity index (χ0n) is 6.43. The smallest absolute Gasteiger partial charge is 0.225 e. The van der Waals surface area contributed by atoms with Gasteiger partial charge in [-0.2, -0.15) is 0 Å². The van der Waals surface area contributed by atoms with E-state index in [1.54, 1.807) is 6.08 Å². The molecule has 0 aromatic rings. The van der Waals surface area contributed by atoms with E-state index in [0.717, 1.165) is 0 Å². The van der Waals surface area contributed by atoms with Gasteiger partial charge < -0.3 is 0 Å². The lowest BCUT2D eigenvalue weighted by Crippen LogP contribution is -2.14. The molecule has 0 N–H and O–H groups in total. The maximum absolute atomic E-state index is 10.7. The van der Waals surface area contributed by atoms with E-state index in [4.69, 9.17) is 11.6 Å². The van der Waals surface area contributed by atoms with E-state index in [-0.39, 0.29) is 11.2 Å². The fourth-order valence-corrected chi connectivity index (χ4v) is 1.15. The number of halogens is 1. The molecule has 0 fully saturated rings. The molecule has 0 saturated heterocycles. The molecule has 0 amide bonds. The topological polar surface area (TPSA) is 17.1 Å². The molecule has 0 aliphatic heterocycles. The van der Waals surface area contributed by atoms with Crippen molar-refractivity contribution < 1.29 is 4.79 Å². The van der Waals surface area contributed by atoms with Gasteiger partial charge in [-0.15, -0.1) is 6.58 Å². The van der Waals surface area contributed by atoms with Gasteiger partial charge in [0.05, 0.1) is 0 Å². The maximum Gasteiger partial charge on any atom is 0.225 e. The molecule has 58 valence electrons. The fraction of sp³-hybridized carbons (Fsp3) is 0.625. The molecule has 1 nitrogen and oxygen atoms in total. The average molecular weight is 161 g/mol. The Bertz CT molecular complexity index is 129. The molecular formula is C8H13ClO. The van der Waals surface area contributed by atoms with Crippen molar-refractivity contribution in [2.45, 2.75) is 20.3 Å². The van der Waals surface area contributed by atoms with Crippen LogP contribution in [0.25, 0.3) is 0 Å². The molecule has 1 atom stereocenters. The number of rotatable bonds is 4. The van der Waals surface area contributed by atoms with E-state index in [2.05, 4.69) is 6.58 Å². The quantitative estimate of drug-likeness (QED) is 0.457. The van der Waals surface area contributed by atoms with Crippen LogP contribution in [0, 0.1) is 11.8 Å². The van der Waals surface area contributed by atoms with E-state index >= 15 is 0 Å². The number of allylic oxidation sites excluding steroid dienone is 1. The van der Waals surface area contributed by atoms with Crippen molar-refractivity contribution in [2.24, 2.45) is 11.8 Å². The summed E-state index contributed by atoms with van der Waals surface area (Å²) in [4.78, 5) is 10.7. The SMILES string of the molecule is C=CCC(C(=O)Cl)C(C)C. The van der Waals surface area contributed by atoms with Gasteiger partial charge in [-0.25, -0.2) is 0 Å². The first kappa shape index (κ1) is 9.70. The van der Waals surface area contributed by atoms with Gasteiger partial charge in [0.25, 0.3) is 0 Å². The predicted octanol–water partition coefficient (Wildman–Crippen LogP) is 2.60. The third-order valence-electron chi connectivity index (χ3n) is 1.52. The Hall–Kier alpha value is -0.300. The van der Waals surface area contributed by atoms with Crippen LogP contribution in [0.5, 0.6) is 0 Å². The summed E-state index contributed by atoms with van der Waals surface area (Å²) in [6.07, 6.45) is 2.41. The average Bonchev–Trinajstić information content (AvgIpc) is 1.81. The number of hydrogen-bond acceptors (Lipinski definition) is 1. The second-order valence-electron chi connectivity index (χ2n) is 2.68. The second kappa shape index (κ2) is 4.51. The summed E-state index contributed by atoms with van der Waals surface area (Å²) in [7, 11) is 0. The monoisotopic (exact) mass is 160 g/mol. The zero-order valence-corrected chi connectivity index (χ0v) is 7.19. The third-order valence-corrected chi connectivity index (χ3v) is 1.80. The Kier molecular flexibility index (Phi) is 4.37. The molecule has 0 bridgehead atoms. The lowest BCUT2D eigenvalue weighted by molar-refractivity contribution is -0.116. The van der Waals surface area contributed by atoms with Crippen LogP contribution in [0.2, 0.25) is 0 Å². The van der Waals surface area contributed by atoms with E-state index in [1.807, 2.05) is 13.8 Å². The summed E-state index contributed by atoms with van der Waals surface area (Å²) in [6, 6.07) is 0. The van der Waals surface area contributed by atoms with Crippen molar-refractivity contribution in [3.63, 3.8) is 0 Å². The van der Waals surface area contributed by atoms with Crippen LogP contribution in [0.1, 0.15) is 20.3 Å². The Balaban J connectivity index is 3.97. The van der Waals surface area contributed by atoms with Crippen molar-refractivity contribution in [1.82, 2.24) is 0 Å². The highest BCUT2D eigenvalue weighted by molar-refractivity contribution is 6.64. The Morgan fingerprint density at radius 2 is 2.20 bits per heavy atom. The molecule has 0 heterocycles. The molecular weight excluding hydrogens is 148 g/mol. The standard InChI is InChI=1S/C8H13ClO/c1-4-5-7(6(2)3)8(9)10/h4,6-7H,1,5H2,2-3H3. The normalized spacial score (nSPS) is 13.2. The van der Waals surface area contributed by atoms with Crippen molar-refractivity contribution in [3.05, 3.63) is 12.7 Å². The zero-order chi connectivity index (χ0) is 8.15. The summed E-state index contributed by atoms with van der Waals surface area (Å²) in [5.41, 5.74) is 0. The Labute approximate surface area is 67.1 Å². The van der Waals surface area contributed by atoms with Crippen LogP contribution in [-0.2, 0) is 4.79 Å². The van der Waals surface area contributed by atoms with Gasteiger partial charge in [0, 0.05) is 5.92 Å². The van der Waals surface area contributed by atoms with E-state index in [1.165, 1.54) is 0 Å². The van der Waals surface area contributed by atoms with Crippen molar-refractivity contribution in [3.8, 4) is 0 Å². The van der Waals surface area contributed by atoms with Crippen LogP contribution < -0.4 is 0 Å². The van der Waals surface area contributed by atoms with Gasteiger partial charge in [0.2, 0.25) is 5.24 Å². The first-order valence-electron chi connectivity index (χ1n) is 3.39. The highest BCUT2D eigenvalue weighted by Crippen LogP contribution is 2.18. The lowest BCUT2D eigenvalue weighted by Gasteiger charge is -2.12. The second-order valence-corrected chi connectivity index (χ2v) is 3.05. The summed E-state index contributed by atoms with van der Waals surface area (Å²) >= 11 is 5.33. The van der Waals surface area contributed by atoms with Crippen LogP contribution in [0.3, 0.4) is 0 Å². The summed E-state index contributed by atoms with van der Waals surface area (Å²) < 4.78 is 0. The van der Waals surface area contributed by atoms with Gasteiger partial charge in [-0.3, -0.25) is 4.79 Å². The van der Waals surface area contributed by atoms with Crippen molar-refractivity contribution in [2.75, 3.05) is 0 Å². The Morgan fingerprint density at radius 3 is 2.30 bits per heavy atom. The molecule has 0 rings (SSSR count). The summed E-state index contributed by atoms with van der Waals surface area (Å²) in [6.45, 7) is 7.52. The first-order chi connectivity index (χ1) is 4.59. The number of carbonyl (C=O) groups is 1. The highest BCUT2D eigenvalue weighted by Gasteiger charge is 2.17. The molecule has 0 aromatic carbocycles. The van der Waals surface area contributed by atoms with Gasteiger partial charge >= 0.3 is 0 Å². The molecule has 0 aromatic heterocycles. The van der Waals surface area contributed by atoms with Crippen LogP contribution >= 0.6 is 11.6 Å². The largest absolute Gasteiger partial charge is 0.281 e. The summed E-state index contributed by atoms with van der Waals surface area (Å²) in [5.74, 6) is 0.252. The van der Waals surface area contributed by atoms with E-state index < -0.39 is 0 Å². The van der Waals surface area contributed by atoms with Gasteiger partial charge in [-0.05, 0) is 23.9 Å². The molecule has 0 aliphatic carbocycles. The van der Waals surface area contributed by atoms with E-state index in [0.29, 0.717) is 12.3 Å². The minimum atomic E-state index is -0.255. The molecule has 2 heteroatoms. The minimum Gasteiger partial charge on any atom is -0.281 e. The Morgan fingerprint density at radius 1 is 1.70 bits per heavy atom. The fourth-order valence-electron chi connectivity index (χ4n) is 0.806. The predicted molar refractivity (Wildman–Crippen MR) is 44.0 cm³/mol. The molecule has 10 heavy (non-hydrogen) atoms. The molecule has 0 radical (unpaired) electrons. The lowest BCUT2D eigenvalue weighted by atomic mass is 9.94. The maximum atomic E-state index is 10.7. The van der Waals surface area contributed by atoms with Crippen molar-refractivity contribution >= 4 is 16.8 Å². The highest BCUT2D eigenvalue weighted by atomic mass is 35.5. The first-order valence-corrected chi connectivity index (χ1v) is 3.77. The molecule has 0 spiro atoms. The van der Waals surface area contributed by atoms with Crippen LogP contribution in [0.15, 0.2) is 12.7 Å². The van der Waals surface area contributed by atoms with Gasteiger partial charge in [0.15, 0.2) is 0 Å². The number of carbonyl (C=O) groups excluding carboxylic acids is 1. The minimum absolute atomic E-state index is 0.0563. The van der Waals surface area contributed by atoms with Crippen LogP contribution in [-0.4, -0.2) is 5.24 Å². The van der Waals surface area contributed by atoms with Gasteiger partial charge in [-0.1, -0.05) is 19.9 Å². The van der Waals surface area contributed by atoms with Crippen molar-refractivity contribution in [1.29, 1.82) is 0 Å². The number of hydrogen-bond donors (Lipinski definition) is 0. The van der Waals surface area contributed by atoms with Crippen LogP contribution in [0.4, 0.5) is 0 Å². The van der Waals surface area contributed by atoms with Gasteiger partial charge in [0.1, 0.15) is 0 Å². The molecule has 0 saturated carbocycles. The van der Waals surface area contributed by atoms with E-state index in [9.17, 15) is 4.79 Å². The molecule has 1 unspecified atom stereocenters. The molecule has 0 aliphatic rings. The summed E-state index contributed by atoms with van der Waals surface area (Å²) in [5, 5.41) is -0.255. The third kappa shape index (κ3) is 3.02.